The molecule has 0 radical (unpaired) electrons. The van der Waals surface area contributed by atoms with E-state index in [4.69, 9.17) is 5.11 Å². The predicted molar refractivity (Wildman–Crippen MR) is 78.2 cm³/mol. The molecular formula is C16H22N2O3. The van der Waals surface area contributed by atoms with Crippen LogP contribution in [0.2, 0.25) is 0 Å². The van der Waals surface area contributed by atoms with Gasteiger partial charge in [0, 0.05) is 18.3 Å². The van der Waals surface area contributed by atoms with Crippen molar-refractivity contribution in [2.75, 3.05) is 0 Å². The molecule has 5 heteroatoms. The van der Waals surface area contributed by atoms with Crippen molar-refractivity contribution >= 4 is 11.9 Å². The maximum atomic E-state index is 12.4. The molecule has 0 atom stereocenters. The number of carbonyl (C=O) groups excluding carboxylic acids is 1. The number of hydrogen-bond acceptors (Lipinski definition) is 2. The number of carboxylic acid groups (broad SMARTS) is 1. The van der Waals surface area contributed by atoms with Gasteiger partial charge in [0.1, 0.15) is 5.69 Å². The smallest absolute Gasteiger partial charge is 0.306 e. The summed E-state index contributed by atoms with van der Waals surface area (Å²) in [5.74, 6) is -0.971. The Bertz CT molecular complexity index is 525. The summed E-state index contributed by atoms with van der Waals surface area (Å²) in [7, 11) is 0. The molecule has 0 bridgehead atoms. The van der Waals surface area contributed by atoms with Gasteiger partial charge in [-0.05, 0) is 57.1 Å². The standard InChI is InChI=1S/C16H22N2O3/c19-15(14-5-2-10-18(14)13-3-1-4-13)17-12-8-6-11(7-9-12)16(20)21/h2,5,10-13H,1,3-4,6-9H2,(H,17,19)(H,20,21). The van der Waals surface area contributed by atoms with E-state index in [9.17, 15) is 9.59 Å². The van der Waals surface area contributed by atoms with Crippen LogP contribution in [0.1, 0.15) is 61.5 Å². The second-order valence-electron chi connectivity index (χ2n) is 6.25. The lowest BCUT2D eigenvalue weighted by Gasteiger charge is -2.30. The minimum Gasteiger partial charge on any atom is -0.481 e. The Morgan fingerprint density at radius 2 is 1.86 bits per heavy atom. The molecule has 2 N–H and O–H groups in total. The first kappa shape index (κ1) is 14.2. The summed E-state index contributed by atoms with van der Waals surface area (Å²) in [5.41, 5.74) is 0.736. The molecule has 0 aliphatic heterocycles. The van der Waals surface area contributed by atoms with E-state index < -0.39 is 5.97 Å². The summed E-state index contributed by atoms with van der Waals surface area (Å²) in [6, 6.07) is 4.38. The number of carbonyl (C=O) groups is 2. The molecule has 0 aromatic carbocycles. The van der Waals surface area contributed by atoms with Crippen molar-refractivity contribution in [2.45, 2.75) is 57.0 Å². The van der Waals surface area contributed by atoms with E-state index in [2.05, 4.69) is 9.88 Å². The highest BCUT2D eigenvalue weighted by Crippen LogP contribution is 2.33. The van der Waals surface area contributed by atoms with E-state index in [1.165, 1.54) is 6.42 Å². The zero-order valence-corrected chi connectivity index (χ0v) is 12.1. The first-order valence-electron chi connectivity index (χ1n) is 7.85. The van der Waals surface area contributed by atoms with Gasteiger partial charge in [0.15, 0.2) is 0 Å². The van der Waals surface area contributed by atoms with Crippen LogP contribution in [0.4, 0.5) is 0 Å². The fourth-order valence-corrected chi connectivity index (χ4v) is 3.31. The van der Waals surface area contributed by atoms with Crippen LogP contribution in [0.25, 0.3) is 0 Å². The van der Waals surface area contributed by atoms with Crippen LogP contribution in [0.5, 0.6) is 0 Å². The Hall–Kier alpha value is -1.78. The third-order valence-corrected chi connectivity index (χ3v) is 4.89. The van der Waals surface area contributed by atoms with E-state index in [1.807, 2.05) is 18.3 Å². The Kier molecular flexibility index (Phi) is 3.99. The minimum absolute atomic E-state index is 0.0225. The van der Waals surface area contributed by atoms with Crippen molar-refractivity contribution in [3.63, 3.8) is 0 Å². The van der Waals surface area contributed by atoms with Crippen molar-refractivity contribution in [1.82, 2.24) is 9.88 Å². The largest absolute Gasteiger partial charge is 0.481 e. The molecular weight excluding hydrogens is 268 g/mol. The zero-order chi connectivity index (χ0) is 14.8. The molecule has 3 rings (SSSR count). The summed E-state index contributed by atoms with van der Waals surface area (Å²) in [6.07, 6.45) is 8.36. The highest BCUT2D eigenvalue weighted by molar-refractivity contribution is 5.93. The number of rotatable bonds is 4. The molecule has 0 spiro atoms. The van der Waals surface area contributed by atoms with Crippen LogP contribution >= 0.6 is 0 Å². The lowest BCUT2D eigenvalue weighted by molar-refractivity contribution is -0.142. The quantitative estimate of drug-likeness (QED) is 0.895. The number of amides is 1. The molecule has 1 aromatic rings. The fraction of sp³-hybridized carbons (Fsp3) is 0.625. The fourth-order valence-electron chi connectivity index (χ4n) is 3.31. The Balaban J connectivity index is 1.57. The number of nitrogens with zero attached hydrogens (tertiary/aromatic N) is 1. The number of hydrogen-bond donors (Lipinski definition) is 2. The van der Waals surface area contributed by atoms with E-state index in [0.717, 1.165) is 31.4 Å². The molecule has 0 saturated heterocycles. The van der Waals surface area contributed by atoms with Gasteiger partial charge in [-0.3, -0.25) is 9.59 Å². The lowest BCUT2D eigenvalue weighted by atomic mass is 9.86. The molecule has 2 aliphatic carbocycles. The van der Waals surface area contributed by atoms with Gasteiger partial charge in [0.05, 0.1) is 5.92 Å². The van der Waals surface area contributed by atoms with Crippen LogP contribution < -0.4 is 5.32 Å². The monoisotopic (exact) mass is 290 g/mol. The predicted octanol–water partition coefficient (Wildman–Crippen LogP) is 2.59. The maximum absolute atomic E-state index is 12.4. The van der Waals surface area contributed by atoms with Gasteiger partial charge < -0.3 is 15.0 Å². The highest BCUT2D eigenvalue weighted by Gasteiger charge is 2.28. The van der Waals surface area contributed by atoms with Gasteiger partial charge in [0.2, 0.25) is 0 Å². The van der Waals surface area contributed by atoms with E-state index >= 15 is 0 Å². The first-order valence-corrected chi connectivity index (χ1v) is 7.85. The maximum Gasteiger partial charge on any atom is 0.306 e. The van der Waals surface area contributed by atoms with Crippen molar-refractivity contribution in [3.8, 4) is 0 Å². The summed E-state index contributed by atoms with van der Waals surface area (Å²) < 4.78 is 2.09. The van der Waals surface area contributed by atoms with Crippen molar-refractivity contribution < 1.29 is 14.7 Å². The van der Waals surface area contributed by atoms with Crippen LogP contribution in [0.3, 0.4) is 0 Å². The van der Waals surface area contributed by atoms with Crippen LogP contribution in [-0.4, -0.2) is 27.6 Å². The average Bonchev–Trinajstić information content (AvgIpc) is 2.86. The number of aromatic nitrogens is 1. The van der Waals surface area contributed by atoms with Gasteiger partial charge in [-0.1, -0.05) is 0 Å². The Labute approximate surface area is 124 Å². The van der Waals surface area contributed by atoms with Gasteiger partial charge >= 0.3 is 5.97 Å². The summed E-state index contributed by atoms with van der Waals surface area (Å²) in [5, 5.41) is 12.1. The van der Waals surface area contributed by atoms with Gasteiger partial charge in [-0.15, -0.1) is 0 Å². The van der Waals surface area contributed by atoms with E-state index in [-0.39, 0.29) is 17.9 Å². The molecule has 5 nitrogen and oxygen atoms in total. The van der Waals surface area contributed by atoms with E-state index in [0.29, 0.717) is 18.9 Å². The minimum atomic E-state index is -0.710. The van der Waals surface area contributed by atoms with Crippen molar-refractivity contribution in [1.29, 1.82) is 0 Å². The van der Waals surface area contributed by atoms with Crippen LogP contribution in [0, 0.1) is 5.92 Å². The van der Waals surface area contributed by atoms with Crippen molar-refractivity contribution in [2.24, 2.45) is 5.92 Å². The summed E-state index contributed by atoms with van der Waals surface area (Å²) in [6.45, 7) is 0. The summed E-state index contributed by atoms with van der Waals surface area (Å²) in [4.78, 5) is 23.3. The third-order valence-electron chi connectivity index (χ3n) is 4.89. The molecule has 1 heterocycles. The molecule has 0 unspecified atom stereocenters. The second-order valence-corrected chi connectivity index (χ2v) is 6.25. The Morgan fingerprint density at radius 1 is 1.14 bits per heavy atom. The second kappa shape index (κ2) is 5.92. The summed E-state index contributed by atoms with van der Waals surface area (Å²) >= 11 is 0. The molecule has 114 valence electrons. The highest BCUT2D eigenvalue weighted by atomic mass is 16.4. The topological polar surface area (TPSA) is 71.3 Å². The molecule has 2 fully saturated rings. The zero-order valence-electron chi connectivity index (χ0n) is 12.1. The number of aliphatic carboxylic acids is 1. The molecule has 2 aliphatic rings. The van der Waals surface area contributed by atoms with Gasteiger partial charge in [0.25, 0.3) is 5.91 Å². The molecule has 21 heavy (non-hydrogen) atoms. The number of carboxylic acids is 1. The molecule has 1 amide bonds. The normalized spacial score (nSPS) is 26.1. The lowest BCUT2D eigenvalue weighted by Crippen LogP contribution is -2.39. The molecule has 1 aromatic heterocycles. The van der Waals surface area contributed by atoms with Gasteiger partial charge in [-0.25, -0.2) is 0 Å². The average molecular weight is 290 g/mol. The van der Waals surface area contributed by atoms with Crippen LogP contribution in [-0.2, 0) is 4.79 Å². The number of nitrogens with one attached hydrogen (secondary N) is 1. The molecule has 2 saturated carbocycles. The van der Waals surface area contributed by atoms with Gasteiger partial charge in [-0.2, -0.15) is 0 Å². The third kappa shape index (κ3) is 2.96. The van der Waals surface area contributed by atoms with E-state index in [1.54, 1.807) is 0 Å². The van der Waals surface area contributed by atoms with Crippen molar-refractivity contribution in [3.05, 3.63) is 24.0 Å². The van der Waals surface area contributed by atoms with Crippen LogP contribution in [0.15, 0.2) is 18.3 Å². The SMILES string of the molecule is O=C(NC1CCC(C(=O)O)CC1)c1cccn1C1CCC1. The first-order chi connectivity index (χ1) is 10.1. The Morgan fingerprint density at radius 3 is 2.43 bits per heavy atom.